The smallest absolute Gasteiger partial charge is 0.339 e. The number of rotatable bonds is 7. The minimum Gasteiger partial charge on any atom is -0.464 e. The van der Waals surface area contributed by atoms with Crippen molar-refractivity contribution in [1.82, 2.24) is 4.31 Å². The van der Waals surface area contributed by atoms with Gasteiger partial charge in [-0.15, -0.1) is 0 Å². The van der Waals surface area contributed by atoms with E-state index in [9.17, 15) is 22.8 Å². The third-order valence-corrected chi connectivity index (χ3v) is 8.94. The van der Waals surface area contributed by atoms with Gasteiger partial charge in [0.05, 0.1) is 18.0 Å². The molecule has 1 unspecified atom stereocenters. The summed E-state index contributed by atoms with van der Waals surface area (Å²) in [5.41, 5.74) is 0.331. The fourth-order valence-electron chi connectivity index (χ4n) is 4.64. The maximum absolute atomic E-state index is 14.1. The summed E-state index contributed by atoms with van der Waals surface area (Å²) in [5.74, 6) is -2.20. The standard InChI is InChI=1S/C24H31NO7S/c1-5-31-21(27)24(22(28)32-6-2)12-7-13-25(24)33(29,30)23(4)15-19(14-20(26)16-23)18-10-8-17(3)9-11-18/h8-11,14H,5-7,12-13,15-16H2,1-4H3. The van der Waals surface area contributed by atoms with Crippen LogP contribution in [0.2, 0.25) is 0 Å². The second-order valence-corrected chi connectivity index (χ2v) is 11.2. The van der Waals surface area contributed by atoms with Gasteiger partial charge in [0.2, 0.25) is 15.6 Å². The van der Waals surface area contributed by atoms with Crippen molar-refractivity contribution in [2.75, 3.05) is 19.8 Å². The number of allylic oxidation sites excluding steroid dienone is 2. The van der Waals surface area contributed by atoms with Crippen LogP contribution >= 0.6 is 0 Å². The molecule has 1 aromatic rings. The molecule has 1 atom stereocenters. The van der Waals surface area contributed by atoms with Crippen LogP contribution in [-0.2, 0) is 33.9 Å². The van der Waals surface area contributed by atoms with Crippen LogP contribution in [0.3, 0.4) is 0 Å². The zero-order valence-electron chi connectivity index (χ0n) is 19.5. The summed E-state index contributed by atoms with van der Waals surface area (Å²) in [6.45, 7) is 6.56. The van der Waals surface area contributed by atoms with E-state index in [-0.39, 0.29) is 44.8 Å². The second kappa shape index (κ2) is 9.38. The van der Waals surface area contributed by atoms with E-state index in [0.717, 1.165) is 15.4 Å². The van der Waals surface area contributed by atoms with Crippen LogP contribution in [0.15, 0.2) is 30.3 Å². The largest absolute Gasteiger partial charge is 0.464 e. The van der Waals surface area contributed by atoms with Crippen LogP contribution in [0.25, 0.3) is 5.57 Å². The normalized spacial score (nSPS) is 23.2. The Morgan fingerprint density at radius 1 is 1.03 bits per heavy atom. The fourth-order valence-corrected chi connectivity index (χ4v) is 6.86. The molecule has 1 aromatic carbocycles. The molecule has 1 heterocycles. The summed E-state index contributed by atoms with van der Waals surface area (Å²) < 4.78 is 37.8. The first-order valence-electron chi connectivity index (χ1n) is 11.2. The Kier molecular flexibility index (Phi) is 7.14. The number of hydrogen-bond acceptors (Lipinski definition) is 7. The van der Waals surface area contributed by atoms with Gasteiger partial charge in [-0.05, 0) is 64.2 Å². The molecule has 33 heavy (non-hydrogen) atoms. The average molecular weight is 478 g/mol. The van der Waals surface area contributed by atoms with E-state index in [1.54, 1.807) is 13.8 Å². The zero-order valence-corrected chi connectivity index (χ0v) is 20.4. The van der Waals surface area contributed by atoms with Gasteiger partial charge in [-0.25, -0.2) is 18.0 Å². The van der Waals surface area contributed by atoms with E-state index in [4.69, 9.17) is 9.47 Å². The van der Waals surface area contributed by atoms with Crippen molar-refractivity contribution in [1.29, 1.82) is 0 Å². The van der Waals surface area contributed by atoms with Crippen molar-refractivity contribution in [3.63, 3.8) is 0 Å². The van der Waals surface area contributed by atoms with Gasteiger partial charge in [-0.3, -0.25) is 4.79 Å². The zero-order chi connectivity index (χ0) is 24.4. The van der Waals surface area contributed by atoms with Crippen molar-refractivity contribution in [3.8, 4) is 0 Å². The summed E-state index contributed by atoms with van der Waals surface area (Å²) in [7, 11) is -4.31. The van der Waals surface area contributed by atoms with Crippen LogP contribution in [-0.4, -0.2) is 60.5 Å². The molecule has 0 bridgehead atoms. The van der Waals surface area contributed by atoms with E-state index in [0.29, 0.717) is 12.0 Å². The predicted molar refractivity (Wildman–Crippen MR) is 123 cm³/mol. The average Bonchev–Trinajstić information content (AvgIpc) is 3.21. The Hall–Kier alpha value is -2.52. The highest BCUT2D eigenvalue weighted by Crippen LogP contribution is 2.44. The quantitative estimate of drug-likeness (QED) is 0.439. The van der Waals surface area contributed by atoms with Crippen LogP contribution < -0.4 is 0 Å². The van der Waals surface area contributed by atoms with Gasteiger partial charge in [0.25, 0.3) is 0 Å². The van der Waals surface area contributed by atoms with Gasteiger partial charge < -0.3 is 9.47 Å². The lowest BCUT2D eigenvalue weighted by atomic mass is 9.85. The lowest BCUT2D eigenvalue weighted by Gasteiger charge is -2.40. The van der Waals surface area contributed by atoms with Crippen molar-refractivity contribution >= 4 is 33.3 Å². The van der Waals surface area contributed by atoms with Crippen molar-refractivity contribution in [2.45, 2.75) is 63.7 Å². The lowest BCUT2D eigenvalue weighted by Crippen LogP contribution is -2.63. The molecule has 3 rings (SSSR count). The summed E-state index contributed by atoms with van der Waals surface area (Å²) >= 11 is 0. The Balaban J connectivity index is 2.05. The third kappa shape index (κ3) is 4.36. The number of esters is 2. The number of sulfonamides is 1. The SMILES string of the molecule is CCOC(=O)C1(C(=O)OCC)CCCN1S(=O)(=O)C1(C)CC(=O)C=C(c2ccc(C)cc2)C1. The Morgan fingerprint density at radius 3 is 2.15 bits per heavy atom. The number of carbonyl (C=O) groups excluding carboxylic acids is 3. The monoisotopic (exact) mass is 477 g/mol. The fraction of sp³-hybridized carbons (Fsp3) is 0.542. The Bertz CT molecular complexity index is 1060. The summed E-state index contributed by atoms with van der Waals surface area (Å²) in [5, 5.41) is 0. The molecule has 1 saturated heterocycles. The highest BCUT2D eigenvalue weighted by Gasteiger charge is 2.63. The first-order valence-corrected chi connectivity index (χ1v) is 12.6. The first-order chi connectivity index (χ1) is 15.5. The number of aryl methyl sites for hydroxylation is 1. The number of nitrogens with zero attached hydrogens (tertiary/aromatic N) is 1. The molecule has 0 aromatic heterocycles. The first kappa shape index (κ1) is 25.1. The second-order valence-electron chi connectivity index (χ2n) is 8.79. The Labute approximate surface area is 195 Å². The van der Waals surface area contributed by atoms with Gasteiger partial charge in [0.1, 0.15) is 0 Å². The van der Waals surface area contributed by atoms with E-state index < -0.39 is 32.2 Å². The van der Waals surface area contributed by atoms with E-state index in [1.807, 2.05) is 31.2 Å². The van der Waals surface area contributed by atoms with Crippen LogP contribution in [0, 0.1) is 6.92 Å². The summed E-state index contributed by atoms with van der Waals surface area (Å²) in [6, 6.07) is 7.50. The molecular weight excluding hydrogens is 446 g/mol. The maximum Gasteiger partial charge on any atom is 0.339 e. The number of ketones is 1. The number of ether oxygens (including phenoxy) is 2. The summed E-state index contributed by atoms with van der Waals surface area (Å²) in [4.78, 5) is 38.7. The highest BCUT2D eigenvalue weighted by atomic mass is 32.2. The molecule has 1 fully saturated rings. The molecule has 2 aliphatic rings. The van der Waals surface area contributed by atoms with Crippen molar-refractivity contribution < 1.29 is 32.3 Å². The van der Waals surface area contributed by atoms with E-state index in [1.165, 1.54) is 13.0 Å². The van der Waals surface area contributed by atoms with Crippen molar-refractivity contribution in [2.24, 2.45) is 0 Å². The van der Waals surface area contributed by atoms with Gasteiger partial charge in [-0.2, -0.15) is 4.31 Å². The molecule has 1 aliphatic carbocycles. The minimum absolute atomic E-state index is 0.00998. The molecule has 9 heteroatoms. The van der Waals surface area contributed by atoms with Gasteiger partial charge in [-0.1, -0.05) is 29.8 Å². The molecule has 0 radical (unpaired) electrons. The molecule has 180 valence electrons. The van der Waals surface area contributed by atoms with E-state index in [2.05, 4.69) is 0 Å². The highest BCUT2D eigenvalue weighted by molar-refractivity contribution is 7.90. The molecule has 0 N–H and O–H groups in total. The summed E-state index contributed by atoms with van der Waals surface area (Å²) in [6.07, 6.45) is 1.57. The lowest BCUT2D eigenvalue weighted by molar-refractivity contribution is -0.169. The van der Waals surface area contributed by atoms with E-state index >= 15 is 0 Å². The van der Waals surface area contributed by atoms with Gasteiger partial charge in [0, 0.05) is 13.0 Å². The van der Waals surface area contributed by atoms with Crippen LogP contribution in [0.4, 0.5) is 0 Å². The van der Waals surface area contributed by atoms with Gasteiger partial charge >= 0.3 is 11.9 Å². The maximum atomic E-state index is 14.1. The number of hydrogen-bond donors (Lipinski definition) is 0. The van der Waals surface area contributed by atoms with Crippen LogP contribution in [0.1, 0.15) is 57.6 Å². The topological polar surface area (TPSA) is 107 Å². The van der Waals surface area contributed by atoms with Gasteiger partial charge in [0.15, 0.2) is 5.78 Å². The minimum atomic E-state index is -4.31. The number of benzene rings is 1. The third-order valence-electron chi connectivity index (χ3n) is 6.33. The van der Waals surface area contributed by atoms with Crippen molar-refractivity contribution in [3.05, 3.63) is 41.5 Å². The molecule has 0 spiro atoms. The molecule has 1 aliphatic heterocycles. The predicted octanol–water partition coefficient (Wildman–Crippen LogP) is 2.79. The molecule has 0 saturated carbocycles. The number of carbonyl (C=O) groups is 3. The molecule has 8 nitrogen and oxygen atoms in total. The Morgan fingerprint density at radius 2 is 1.61 bits per heavy atom. The molecule has 0 amide bonds. The van der Waals surface area contributed by atoms with Crippen LogP contribution in [0.5, 0.6) is 0 Å². The molecular formula is C24H31NO7S.